The molecule has 2 atom stereocenters. The van der Waals surface area contributed by atoms with Crippen LogP contribution in [-0.2, 0) is 6.54 Å². The summed E-state index contributed by atoms with van der Waals surface area (Å²) in [7, 11) is 3.35. The molecule has 0 saturated carbocycles. The average Bonchev–Trinajstić information content (AvgIpc) is 2.51. The van der Waals surface area contributed by atoms with E-state index in [1.54, 1.807) is 26.0 Å². The van der Waals surface area contributed by atoms with E-state index >= 15 is 0 Å². The summed E-state index contributed by atoms with van der Waals surface area (Å²) in [5.41, 5.74) is 1.26. The summed E-state index contributed by atoms with van der Waals surface area (Å²) < 4.78 is 10.8. The summed E-state index contributed by atoms with van der Waals surface area (Å²) in [5.74, 6) is 2.35. The lowest BCUT2D eigenvalue weighted by Gasteiger charge is -2.19. The molecule has 0 fully saturated rings. The standard InChI is InChI=1S/C17H29NO2S/c1-7-12(2)8-13(3)18-11-14-9-15(19-4)16(20-5)10-17(14)21-6/h9-10,12-13,18H,7-8,11H2,1-6H3. The maximum atomic E-state index is 5.40. The SMILES string of the molecule is CCC(C)CC(C)NCc1cc(OC)c(OC)cc1SC. The lowest BCUT2D eigenvalue weighted by atomic mass is 10.0. The van der Waals surface area contributed by atoms with Gasteiger partial charge in [0.05, 0.1) is 14.2 Å². The minimum atomic E-state index is 0.516. The van der Waals surface area contributed by atoms with Gasteiger partial charge < -0.3 is 14.8 Å². The van der Waals surface area contributed by atoms with Crippen molar-refractivity contribution in [3.63, 3.8) is 0 Å². The van der Waals surface area contributed by atoms with Crippen LogP contribution in [0, 0.1) is 5.92 Å². The van der Waals surface area contributed by atoms with Gasteiger partial charge in [0.15, 0.2) is 11.5 Å². The molecular formula is C17H29NO2S. The fraction of sp³-hybridized carbons (Fsp3) is 0.647. The molecule has 0 aliphatic heterocycles. The highest BCUT2D eigenvalue weighted by Crippen LogP contribution is 2.34. The third kappa shape index (κ3) is 5.44. The molecule has 0 saturated heterocycles. The zero-order valence-corrected chi connectivity index (χ0v) is 15.0. The first-order chi connectivity index (χ1) is 10.0. The summed E-state index contributed by atoms with van der Waals surface area (Å²) in [4.78, 5) is 1.23. The third-order valence-electron chi connectivity index (χ3n) is 3.88. The van der Waals surface area contributed by atoms with E-state index in [1.165, 1.54) is 23.3 Å². The molecule has 1 rings (SSSR count). The van der Waals surface area contributed by atoms with Crippen molar-refractivity contribution >= 4 is 11.8 Å². The smallest absolute Gasteiger partial charge is 0.161 e. The van der Waals surface area contributed by atoms with Crippen LogP contribution in [0.1, 0.15) is 39.2 Å². The number of ether oxygens (including phenoxy) is 2. The van der Waals surface area contributed by atoms with Gasteiger partial charge in [-0.25, -0.2) is 0 Å². The number of thioether (sulfide) groups is 1. The van der Waals surface area contributed by atoms with Crippen molar-refractivity contribution in [3.05, 3.63) is 17.7 Å². The van der Waals surface area contributed by atoms with Crippen LogP contribution in [0.4, 0.5) is 0 Å². The van der Waals surface area contributed by atoms with Gasteiger partial charge in [-0.2, -0.15) is 0 Å². The Morgan fingerprint density at radius 3 is 2.29 bits per heavy atom. The average molecular weight is 311 g/mol. The highest BCUT2D eigenvalue weighted by atomic mass is 32.2. The van der Waals surface area contributed by atoms with Gasteiger partial charge in [0, 0.05) is 17.5 Å². The molecule has 0 radical (unpaired) electrons. The van der Waals surface area contributed by atoms with E-state index in [2.05, 4.69) is 44.5 Å². The molecule has 1 N–H and O–H groups in total. The molecule has 0 aliphatic carbocycles. The van der Waals surface area contributed by atoms with E-state index in [0.29, 0.717) is 6.04 Å². The maximum Gasteiger partial charge on any atom is 0.161 e. The quantitative estimate of drug-likeness (QED) is 0.687. The highest BCUT2D eigenvalue weighted by Gasteiger charge is 2.12. The molecule has 0 heterocycles. The van der Waals surface area contributed by atoms with Gasteiger partial charge in [0.25, 0.3) is 0 Å². The van der Waals surface area contributed by atoms with E-state index in [9.17, 15) is 0 Å². The Labute approximate surface area is 133 Å². The molecule has 3 nitrogen and oxygen atoms in total. The van der Waals surface area contributed by atoms with Gasteiger partial charge in [-0.1, -0.05) is 20.3 Å². The van der Waals surface area contributed by atoms with E-state index in [1.807, 2.05) is 0 Å². The van der Waals surface area contributed by atoms with Gasteiger partial charge in [-0.05, 0) is 43.2 Å². The van der Waals surface area contributed by atoms with Crippen molar-refractivity contribution in [2.45, 2.75) is 51.1 Å². The van der Waals surface area contributed by atoms with Crippen LogP contribution in [0.25, 0.3) is 0 Å². The second-order valence-corrected chi connectivity index (χ2v) is 6.40. The number of benzene rings is 1. The van der Waals surface area contributed by atoms with Crippen molar-refractivity contribution in [3.8, 4) is 11.5 Å². The molecule has 120 valence electrons. The predicted octanol–water partition coefficient (Wildman–Crippen LogP) is 4.34. The lowest BCUT2D eigenvalue weighted by molar-refractivity contribution is 0.352. The Morgan fingerprint density at radius 2 is 1.76 bits per heavy atom. The van der Waals surface area contributed by atoms with Crippen molar-refractivity contribution in [1.29, 1.82) is 0 Å². The number of hydrogen-bond acceptors (Lipinski definition) is 4. The van der Waals surface area contributed by atoms with E-state index in [4.69, 9.17) is 9.47 Å². The zero-order valence-electron chi connectivity index (χ0n) is 14.2. The number of nitrogens with one attached hydrogen (secondary N) is 1. The normalized spacial score (nSPS) is 13.8. The topological polar surface area (TPSA) is 30.5 Å². The van der Waals surface area contributed by atoms with Gasteiger partial charge in [-0.3, -0.25) is 0 Å². The number of rotatable bonds is 9. The molecule has 0 bridgehead atoms. The maximum absolute atomic E-state index is 5.40. The molecule has 0 spiro atoms. The summed E-state index contributed by atoms with van der Waals surface area (Å²) in [6.45, 7) is 7.67. The number of methoxy groups -OCH3 is 2. The van der Waals surface area contributed by atoms with Gasteiger partial charge in [0.1, 0.15) is 0 Å². The molecule has 0 amide bonds. The highest BCUT2D eigenvalue weighted by molar-refractivity contribution is 7.98. The predicted molar refractivity (Wildman–Crippen MR) is 91.7 cm³/mol. The molecule has 0 aromatic heterocycles. The van der Waals surface area contributed by atoms with Crippen LogP contribution in [0.5, 0.6) is 11.5 Å². The molecule has 21 heavy (non-hydrogen) atoms. The van der Waals surface area contributed by atoms with E-state index in [-0.39, 0.29) is 0 Å². The first-order valence-electron chi connectivity index (χ1n) is 7.57. The minimum absolute atomic E-state index is 0.516. The summed E-state index contributed by atoms with van der Waals surface area (Å²) in [6.07, 6.45) is 4.53. The Balaban J connectivity index is 2.77. The van der Waals surface area contributed by atoms with E-state index in [0.717, 1.165) is 24.0 Å². The van der Waals surface area contributed by atoms with Gasteiger partial charge in [-0.15, -0.1) is 11.8 Å². The largest absolute Gasteiger partial charge is 0.493 e. The third-order valence-corrected chi connectivity index (χ3v) is 4.70. The zero-order chi connectivity index (χ0) is 15.8. The second kappa shape index (κ2) is 9.21. The number of hydrogen-bond donors (Lipinski definition) is 1. The Morgan fingerprint density at radius 1 is 1.14 bits per heavy atom. The molecule has 4 heteroatoms. The van der Waals surface area contributed by atoms with Crippen molar-refractivity contribution in [1.82, 2.24) is 5.32 Å². The van der Waals surface area contributed by atoms with Crippen LogP contribution in [0.2, 0.25) is 0 Å². The van der Waals surface area contributed by atoms with E-state index < -0.39 is 0 Å². The first-order valence-corrected chi connectivity index (χ1v) is 8.80. The summed E-state index contributed by atoms with van der Waals surface area (Å²) in [6, 6.07) is 4.65. The second-order valence-electron chi connectivity index (χ2n) is 5.55. The Hall–Kier alpha value is -0.870. The van der Waals surface area contributed by atoms with Crippen molar-refractivity contribution < 1.29 is 9.47 Å². The van der Waals surface area contributed by atoms with Crippen LogP contribution in [-0.4, -0.2) is 26.5 Å². The Bertz CT molecular complexity index is 437. The molecule has 2 unspecified atom stereocenters. The molecule has 1 aromatic rings. The lowest BCUT2D eigenvalue weighted by Crippen LogP contribution is -2.27. The molecule has 1 aromatic carbocycles. The van der Waals surface area contributed by atoms with Crippen LogP contribution in [0.3, 0.4) is 0 Å². The van der Waals surface area contributed by atoms with Gasteiger partial charge in [0.2, 0.25) is 0 Å². The summed E-state index contributed by atoms with van der Waals surface area (Å²) in [5, 5.41) is 3.62. The van der Waals surface area contributed by atoms with Crippen LogP contribution < -0.4 is 14.8 Å². The fourth-order valence-corrected chi connectivity index (χ4v) is 2.99. The van der Waals surface area contributed by atoms with Crippen molar-refractivity contribution in [2.75, 3.05) is 20.5 Å². The molecular weight excluding hydrogens is 282 g/mol. The summed E-state index contributed by atoms with van der Waals surface area (Å²) >= 11 is 1.74. The first kappa shape index (κ1) is 18.2. The van der Waals surface area contributed by atoms with Crippen molar-refractivity contribution in [2.24, 2.45) is 5.92 Å². The molecule has 0 aliphatic rings. The van der Waals surface area contributed by atoms with Crippen LogP contribution in [0.15, 0.2) is 17.0 Å². The fourth-order valence-electron chi connectivity index (χ4n) is 2.37. The van der Waals surface area contributed by atoms with Crippen LogP contribution >= 0.6 is 11.8 Å². The van der Waals surface area contributed by atoms with Gasteiger partial charge >= 0.3 is 0 Å². The Kier molecular flexibility index (Phi) is 7.97. The minimum Gasteiger partial charge on any atom is -0.493 e. The monoisotopic (exact) mass is 311 g/mol.